The van der Waals surface area contributed by atoms with Crippen molar-refractivity contribution < 1.29 is 9.59 Å². The normalized spacial score (nSPS) is 10.4. The first kappa shape index (κ1) is 17.6. The maximum Gasteiger partial charge on any atom is 0.270 e. The zero-order chi connectivity index (χ0) is 17.6. The molecule has 2 aromatic heterocycles. The zero-order valence-corrected chi connectivity index (χ0v) is 15.4. The van der Waals surface area contributed by atoms with Gasteiger partial charge in [-0.25, -0.2) is 4.98 Å². The predicted molar refractivity (Wildman–Crippen MR) is 102 cm³/mol. The number of thiophene rings is 1. The Labute approximate surface area is 157 Å². The lowest BCUT2D eigenvalue weighted by molar-refractivity contribution is 0.0948. The van der Waals surface area contributed by atoms with Crippen molar-refractivity contribution in [1.29, 1.82) is 0 Å². The lowest BCUT2D eigenvalue weighted by Gasteiger charge is -2.02. The minimum absolute atomic E-state index is 0.254. The van der Waals surface area contributed by atoms with E-state index in [9.17, 15) is 9.59 Å². The number of amides is 2. The molecule has 2 amide bonds. The molecule has 0 aliphatic heterocycles. The summed E-state index contributed by atoms with van der Waals surface area (Å²) in [5, 5.41) is 9.97. The van der Waals surface area contributed by atoms with Gasteiger partial charge in [0.05, 0.1) is 0 Å². The molecule has 3 rings (SSSR count). The van der Waals surface area contributed by atoms with Gasteiger partial charge < -0.3 is 5.32 Å². The van der Waals surface area contributed by atoms with E-state index >= 15 is 0 Å². The number of carbonyl (C=O) groups excluding carboxylic acids is 2. The van der Waals surface area contributed by atoms with Gasteiger partial charge in [-0.05, 0) is 36.1 Å². The van der Waals surface area contributed by atoms with Crippen LogP contribution in [-0.4, -0.2) is 23.3 Å². The van der Waals surface area contributed by atoms with Crippen molar-refractivity contribution in [1.82, 2.24) is 10.3 Å². The number of hydrogen-bond donors (Lipinski definition) is 2. The fraction of sp³-hybridized carbons (Fsp3) is 0.118. The molecule has 0 bridgehead atoms. The van der Waals surface area contributed by atoms with Crippen LogP contribution in [0.25, 0.3) is 0 Å². The number of carbonyl (C=O) groups is 2. The highest BCUT2D eigenvalue weighted by molar-refractivity contribution is 7.14. The third-order valence-corrected chi connectivity index (χ3v) is 5.21. The number of benzene rings is 1. The predicted octanol–water partition coefficient (Wildman–Crippen LogP) is 4.08. The summed E-state index contributed by atoms with van der Waals surface area (Å²) in [6.07, 6.45) is 0.784. The van der Waals surface area contributed by atoms with Gasteiger partial charge in [0.1, 0.15) is 5.69 Å². The summed E-state index contributed by atoms with van der Waals surface area (Å²) in [5.41, 5.74) is 0.724. The number of anilines is 1. The van der Waals surface area contributed by atoms with E-state index in [0.717, 1.165) is 6.42 Å². The molecule has 0 unspecified atom stereocenters. The molecule has 3 aromatic rings. The van der Waals surface area contributed by atoms with Gasteiger partial charge in [0.15, 0.2) is 5.13 Å². The Kier molecular flexibility index (Phi) is 5.80. The van der Waals surface area contributed by atoms with E-state index in [0.29, 0.717) is 22.3 Å². The molecule has 5 nitrogen and oxygen atoms in total. The van der Waals surface area contributed by atoms with Crippen LogP contribution in [0.1, 0.15) is 25.7 Å². The Balaban J connectivity index is 1.54. The largest absolute Gasteiger partial charge is 0.350 e. The summed E-state index contributed by atoms with van der Waals surface area (Å²) < 4.78 is 0. The van der Waals surface area contributed by atoms with E-state index in [1.165, 1.54) is 16.2 Å². The summed E-state index contributed by atoms with van der Waals surface area (Å²) in [5.74, 6) is -0.572. The highest BCUT2D eigenvalue weighted by Gasteiger charge is 2.13. The fourth-order valence-corrected chi connectivity index (χ4v) is 3.66. The van der Waals surface area contributed by atoms with Crippen LogP contribution in [0.5, 0.6) is 0 Å². The molecule has 2 N–H and O–H groups in total. The van der Waals surface area contributed by atoms with Crippen molar-refractivity contribution in [2.45, 2.75) is 6.42 Å². The first-order valence-corrected chi connectivity index (χ1v) is 9.58. The van der Waals surface area contributed by atoms with E-state index < -0.39 is 0 Å². The molecule has 25 heavy (non-hydrogen) atoms. The molecule has 8 heteroatoms. The first-order chi connectivity index (χ1) is 12.1. The van der Waals surface area contributed by atoms with Crippen LogP contribution in [0.4, 0.5) is 5.13 Å². The lowest BCUT2D eigenvalue weighted by Crippen LogP contribution is -2.25. The number of halogens is 1. The van der Waals surface area contributed by atoms with E-state index in [1.807, 2.05) is 17.5 Å². The number of nitrogens with one attached hydrogen (secondary N) is 2. The van der Waals surface area contributed by atoms with Crippen molar-refractivity contribution in [2.75, 3.05) is 11.9 Å². The van der Waals surface area contributed by atoms with Crippen LogP contribution in [0.15, 0.2) is 47.2 Å². The fourth-order valence-electron chi connectivity index (χ4n) is 2.08. The first-order valence-electron chi connectivity index (χ1n) is 7.45. The average Bonchev–Trinajstić information content (AvgIpc) is 3.26. The molecule has 0 aliphatic carbocycles. The molecule has 0 aliphatic rings. The lowest BCUT2D eigenvalue weighted by atomic mass is 10.2. The van der Waals surface area contributed by atoms with Crippen LogP contribution in [0, 0.1) is 0 Å². The summed E-state index contributed by atoms with van der Waals surface area (Å²) >= 11 is 8.74. The zero-order valence-electron chi connectivity index (χ0n) is 13.0. The molecule has 0 spiro atoms. The molecule has 0 fully saturated rings. The summed E-state index contributed by atoms with van der Waals surface area (Å²) in [7, 11) is 0. The Bertz CT molecular complexity index is 878. The summed E-state index contributed by atoms with van der Waals surface area (Å²) in [6, 6.07) is 10.6. The molecule has 0 atom stereocenters. The molecule has 1 aromatic carbocycles. The van der Waals surface area contributed by atoms with Gasteiger partial charge in [-0.2, -0.15) is 0 Å². The van der Waals surface area contributed by atoms with E-state index in [2.05, 4.69) is 15.6 Å². The minimum atomic E-state index is -0.318. The molecule has 0 saturated carbocycles. The summed E-state index contributed by atoms with van der Waals surface area (Å²) in [4.78, 5) is 29.6. The third-order valence-electron chi connectivity index (χ3n) is 3.28. The molecule has 0 saturated heterocycles. The third kappa shape index (κ3) is 4.88. The number of thiazole rings is 1. The standard InChI is InChI=1S/C17H14ClN3O2S2/c18-12-4-1-3-11(9-12)15(22)21-17-20-14(10-25-17)16(23)19-7-6-13-5-2-8-24-13/h1-5,8-10H,6-7H2,(H,19,23)(H,20,21,22). The second-order valence-electron chi connectivity index (χ2n) is 5.09. The highest BCUT2D eigenvalue weighted by Crippen LogP contribution is 2.18. The van der Waals surface area contributed by atoms with Gasteiger partial charge in [0.25, 0.3) is 11.8 Å². The average molecular weight is 392 g/mol. The topological polar surface area (TPSA) is 71.1 Å². The van der Waals surface area contributed by atoms with Gasteiger partial charge >= 0.3 is 0 Å². The SMILES string of the molecule is O=C(Nc1nc(C(=O)NCCc2cccs2)cs1)c1cccc(Cl)c1. The van der Waals surface area contributed by atoms with Gasteiger partial charge in [-0.15, -0.1) is 22.7 Å². The van der Waals surface area contributed by atoms with Crippen molar-refractivity contribution in [3.05, 3.63) is 68.3 Å². The molecule has 128 valence electrons. The Morgan fingerprint density at radius 2 is 2.00 bits per heavy atom. The second-order valence-corrected chi connectivity index (χ2v) is 7.41. The Morgan fingerprint density at radius 3 is 2.76 bits per heavy atom. The van der Waals surface area contributed by atoms with E-state index in [1.54, 1.807) is 41.0 Å². The van der Waals surface area contributed by atoms with Crippen molar-refractivity contribution in [3.8, 4) is 0 Å². The van der Waals surface area contributed by atoms with E-state index in [-0.39, 0.29) is 17.5 Å². The van der Waals surface area contributed by atoms with Gasteiger partial charge in [-0.1, -0.05) is 23.7 Å². The molecule has 0 radical (unpaired) electrons. The molecular formula is C17H14ClN3O2S2. The minimum Gasteiger partial charge on any atom is -0.350 e. The van der Waals surface area contributed by atoms with Crippen molar-refractivity contribution >= 4 is 51.2 Å². The number of hydrogen-bond acceptors (Lipinski definition) is 5. The number of aromatic nitrogens is 1. The van der Waals surface area contributed by atoms with E-state index in [4.69, 9.17) is 11.6 Å². The Morgan fingerprint density at radius 1 is 1.12 bits per heavy atom. The maximum absolute atomic E-state index is 12.1. The van der Waals surface area contributed by atoms with Crippen molar-refractivity contribution in [2.24, 2.45) is 0 Å². The van der Waals surface area contributed by atoms with Gasteiger partial charge in [-0.3, -0.25) is 14.9 Å². The summed E-state index contributed by atoms with van der Waals surface area (Å²) in [6.45, 7) is 0.543. The van der Waals surface area contributed by atoms with Crippen LogP contribution in [0.2, 0.25) is 5.02 Å². The highest BCUT2D eigenvalue weighted by atomic mass is 35.5. The molecule has 2 heterocycles. The van der Waals surface area contributed by atoms with Gasteiger partial charge in [0, 0.05) is 27.4 Å². The maximum atomic E-state index is 12.1. The monoisotopic (exact) mass is 391 g/mol. The molecular weight excluding hydrogens is 378 g/mol. The second kappa shape index (κ2) is 8.24. The van der Waals surface area contributed by atoms with Crippen LogP contribution in [0.3, 0.4) is 0 Å². The number of nitrogens with zero attached hydrogens (tertiary/aromatic N) is 1. The van der Waals surface area contributed by atoms with Gasteiger partial charge in [0.2, 0.25) is 0 Å². The smallest absolute Gasteiger partial charge is 0.270 e. The quantitative estimate of drug-likeness (QED) is 0.665. The van der Waals surface area contributed by atoms with Crippen LogP contribution < -0.4 is 10.6 Å². The number of rotatable bonds is 6. The van der Waals surface area contributed by atoms with Crippen LogP contribution >= 0.6 is 34.3 Å². The van der Waals surface area contributed by atoms with Crippen LogP contribution in [-0.2, 0) is 6.42 Å². The van der Waals surface area contributed by atoms with Crippen molar-refractivity contribution in [3.63, 3.8) is 0 Å². The Hall–Kier alpha value is -2.22.